The molecular weight excluding hydrogens is 228 g/mol. The molecule has 0 atom stereocenters. The van der Waals surface area contributed by atoms with Crippen molar-refractivity contribution in [3.63, 3.8) is 0 Å². The van der Waals surface area contributed by atoms with Crippen molar-refractivity contribution in [1.82, 2.24) is 15.5 Å². The molecule has 0 bridgehead atoms. The van der Waals surface area contributed by atoms with Gasteiger partial charge in [0.1, 0.15) is 6.54 Å². The van der Waals surface area contributed by atoms with E-state index in [0.717, 1.165) is 31.9 Å². The standard InChI is InChI=1S/C13H28N4O/c1-5-7-8-10-15-13(14-9-6-2)16-11-12(18)17(3)4/h5-11H2,1-4H3,(H2,14,15,16). The molecule has 106 valence electrons. The molecule has 0 fully saturated rings. The predicted octanol–water partition coefficient (Wildman–Crippen LogP) is 1.21. The van der Waals surface area contributed by atoms with Crippen LogP contribution in [0.1, 0.15) is 39.5 Å². The average Bonchev–Trinajstić information content (AvgIpc) is 2.36. The Labute approximate surface area is 111 Å². The van der Waals surface area contributed by atoms with E-state index in [4.69, 9.17) is 0 Å². The summed E-state index contributed by atoms with van der Waals surface area (Å²) in [6.07, 6.45) is 4.59. The molecule has 0 saturated carbocycles. The van der Waals surface area contributed by atoms with Crippen molar-refractivity contribution < 1.29 is 4.79 Å². The number of unbranched alkanes of at least 4 members (excludes halogenated alkanes) is 2. The predicted molar refractivity (Wildman–Crippen MR) is 76.8 cm³/mol. The molecule has 0 saturated heterocycles. The Balaban J connectivity index is 4.11. The highest BCUT2D eigenvalue weighted by atomic mass is 16.2. The molecule has 0 rings (SSSR count). The maximum absolute atomic E-state index is 11.5. The molecule has 0 aromatic carbocycles. The Morgan fingerprint density at radius 1 is 1.06 bits per heavy atom. The molecule has 0 aromatic rings. The Bertz CT molecular complexity index is 251. The van der Waals surface area contributed by atoms with Crippen LogP contribution in [0.3, 0.4) is 0 Å². The molecule has 5 nitrogen and oxygen atoms in total. The second-order valence-corrected chi connectivity index (χ2v) is 4.51. The summed E-state index contributed by atoms with van der Waals surface area (Å²) < 4.78 is 0. The first-order valence-electron chi connectivity index (χ1n) is 6.84. The van der Waals surface area contributed by atoms with E-state index in [1.54, 1.807) is 19.0 Å². The van der Waals surface area contributed by atoms with Crippen molar-refractivity contribution in [2.75, 3.05) is 33.7 Å². The van der Waals surface area contributed by atoms with Crippen LogP contribution in [0.15, 0.2) is 4.99 Å². The lowest BCUT2D eigenvalue weighted by Crippen LogP contribution is -2.39. The van der Waals surface area contributed by atoms with Crippen LogP contribution in [-0.4, -0.2) is 50.5 Å². The van der Waals surface area contributed by atoms with E-state index >= 15 is 0 Å². The highest BCUT2D eigenvalue weighted by Crippen LogP contribution is 1.91. The Morgan fingerprint density at radius 2 is 1.72 bits per heavy atom. The number of guanidine groups is 1. The summed E-state index contributed by atoms with van der Waals surface area (Å²) >= 11 is 0. The molecule has 0 radical (unpaired) electrons. The fourth-order valence-corrected chi connectivity index (χ4v) is 1.29. The number of carbonyl (C=O) groups excluding carboxylic acids is 1. The van der Waals surface area contributed by atoms with Crippen LogP contribution < -0.4 is 10.6 Å². The third kappa shape index (κ3) is 8.84. The first kappa shape index (κ1) is 16.7. The lowest BCUT2D eigenvalue weighted by Gasteiger charge is -2.13. The summed E-state index contributed by atoms with van der Waals surface area (Å²) in [6.45, 7) is 6.25. The van der Waals surface area contributed by atoms with Crippen molar-refractivity contribution in [2.45, 2.75) is 39.5 Å². The Hall–Kier alpha value is -1.26. The molecule has 0 aliphatic heterocycles. The number of likely N-dealkylation sites (N-methyl/N-ethyl adjacent to an activating group) is 1. The maximum Gasteiger partial charge on any atom is 0.243 e. The largest absolute Gasteiger partial charge is 0.356 e. The van der Waals surface area contributed by atoms with Gasteiger partial charge < -0.3 is 15.5 Å². The van der Waals surface area contributed by atoms with Gasteiger partial charge in [-0.05, 0) is 12.8 Å². The fraction of sp³-hybridized carbons (Fsp3) is 0.846. The summed E-state index contributed by atoms with van der Waals surface area (Å²) in [5.74, 6) is 0.754. The van der Waals surface area contributed by atoms with Crippen molar-refractivity contribution >= 4 is 11.9 Å². The van der Waals surface area contributed by atoms with Gasteiger partial charge in [0.2, 0.25) is 5.91 Å². The molecule has 0 unspecified atom stereocenters. The number of nitrogens with one attached hydrogen (secondary N) is 2. The number of rotatable bonds is 8. The minimum atomic E-state index is 0.0150. The topological polar surface area (TPSA) is 56.7 Å². The van der Waals surface area contributed by atoms with Gasteiger partial charge in [-0.3, -0.25) is 4.79 Å². The van der Waals surface area contributed by atoms with Gasteiger partial charge in [-0.1, -0.05) is 26.7 Å². The number of carbonyl (C=O) groups is 1. The molecular formula is C13H28N4O. The number of amides is 1. The van der Waals surface area contributed by atoms with Crippen LogP contribution in [0.25, 0.3) is 0 Å². The zero-order chi connectivity index (χ0) is 13.8. The van der Waals surface area contributed by atoms with E-state index in [1.807, 2.05) is 0 Å². The van der Waals surface area contributed by atoms with Gasteiger partial charge in [0, 0.05) is 27.2 Å². The normalized spacial score (nSPS) is 11.2. The number of aliphatic imine (C=N–C) groups is 1. The molecule has 2 N–H and O–H groups in total. The lowest BCUT2D eigenvalue weighted by atomic mass is 10.2. The van der Waals surface area contributed by atoms with Gasteiger partial charge in [-0.2, -0.15) is 0 Å². The van der Waals surface area contributed by atoms with E-state index in [2.05, 4.69) is 29.5 Å². The monoisotopic (exact) mass is 256 g/mol. The molecule has 5 heteroatoms. The summed E-state index contributed by atoms with van der Waals surface area (Å²) in [5.41, 5.74) is 0. The van der Waals surface area contributed by atoms with Crippen LogP contribution in [0, 0.1) is 0 Å². The second-order valence-electron chi connectivity index (χ2n) is 4.51. The third-order valence-corrected chi connectivity index (χ3v) is 2.49. The molecule has 0 heterocycles. The summed E-state index contributed by atoms with van der Waals surface area (Å²) in [5, 5.41) is 6.46. The fourth-order valence-electron chi connectivity index (χ4n) is 1.29. The summed E-state index contributed by atoms with van der Waals surface area (Å²) in [6, 6.07) is 0. The zero-order valence-corrected chi connectivity index (χ0v) is 12.3. The van der Waals surface area contributed by atoms with Gasteiger partial charge in [-0.15, -0.1) is 0 Å². The number of hydrogen-bond donors (Lipinski definition) is 2. The van der Waals surface area contributed by atoms with E-state index in [1.165, 1.54) is 12.8 Å². The third-order valence-electron chi connectivity index (χ3n) is 2.49. The smallest absolute Gasteiger partial charge is 0.243 e. The van der Waals surface area contributed by atoms with Crippen LogP contribution >= 0.6 is 0 Å². The van der Waals surface area contributed by atoms with Gasteiger partial charge in [0.25, 0.3) is 0 Å². The number of hydrogen-bond acceptors (Lipinski definition) is 2. The van der Waals surface area contributed by atoms with Crippen molar-refractivity contribution in [3.8, 4) is 0 Å². The molecule has 0 aromatic heterocycles. The second kappa shape index (κ2) is 10.9. The first-order valence-corrected chi connectivity index (χ1v) is 6.84. The zero-order valence-electron chi connectivity index (χ0n) is 12.3. The molecule has 18 heavy (non-hydrogen) atoms. The minimum Gasteiger partial charge on any atom is -0.356 e. The van der Waals surface area contributed by atoms with Gasteiger partial charge in [0.15, 0.2) is 5.96 Å². The molecule has 0 aliphatic rings. The van der Waals surface area contributed by atoms with Crippen LogP contribution in [0.2, 0.25) is 0 Å². The Morgan fingerprint density at radius 3 is 2.28 bits per heavy atom. The summed E-state index contributed by atoms with van der Waals surface area (Å²) in [4.78, 5) is 17.3. The molecule has 0 aliphatic carbocycles. The van der Waals surface area contributed by atoms with Crippen molar-refractivity contribution in [3.05, 3.63) is 0 Å². The van der Waals surface area contributed by atoms with E-state index < -0.39 is 0 Å². The minimum absolute atomic E-state index is 0.0150. The Kier molecular flexibility index (Phi) is 10.1. The highest BCUT2D eigenvalue weighted by Gasteiger charge is 2.03. The lowest BCUT2D eigenvalue weighted by molar-refractivity contribution is -0.127. The van der Waals surface area contributed by atoms with Crippen LogP contribution in [0.4, 0.5) is 0 Å². The molecule has 1 amide bonds. The molecule has 0 spiro atoms. The van der Waals surface area contributed by atoms with Crippen LogP contribution in [-0.2, 0) is 4.79 Å². The maximum atomic E-state index is 11.5. The first-order chi connectivity index (χ1) is 8.61. The van der Waals surface area contributed by atoms with E-state index in [-0.39, 0.29) is 12.5 Å². The quantitative estimate of drug-likeness (QED) is 0.390. The SMILES string of the molecule is CCCCCNC(=NCC(=O)N(C)C)NCCC. The average molecular weight is 256 g/mol. The van der Waals surface area contributed by atoms with E-state index in [0.29, 0.717) is 0 Å². The number of nitrogens with zero attached hydrogens (tertiary/aromatic N) is 2. The van der Waals surface area contributed by atoms with Crippen LogP contribution in [0.5, 0.6) is 0 Å². The summed E-state index contributed by atoms with van der Waals surface area (Å²) in [7, 11) is 3.48. The van der Waals surface area contributed by atoms with Gasteiger partial charge >= 0.3 is 0 Å². The highest BCUT2D eigenvalue weighted by molar-refractivity contribution is 5.84. The van der Waals surface area contributed by atoms with Crippen molar-refractivity contribution in [1.29, 1.82) is 0 Å². The van der Waals surface area contributed by atoms with Gasteiger partial charge in [-0.25, -0.2) is 4.99 Å². The van der Waals surface area contributed by atoms with Gasteiger partial charge in [0.05, 0.1) is 0 Å². The van der Waals surface area contributed by atoms with E-state index in [9.17, 15) is 4.79 Å². The van der Waals surface area contributed by atoms with Crippen molar-refractivity contribution in [2.24, 2.45) is 4.99 Å².